The Balaban J connectivity index is 2.54. The van der Waals surface area contributed by atoms with Crippen molar-refractivity contribution in [1.82, 2.24) is 10.6 Å². The number of aliphatic hydroxyl groups is 1. The van der Waals surface area contributed by atoms with Gasteiger partial charge in [-0.25, -0.2) is 4.79 Å². The van der Waals surface area contributed by atoms with E-state index in [1.54, 1.807) is 6.07 Å². The molecule has 0 bridgehead atoms. The van der Waals surface area contributed by atoms with Gasteiger partial charge in [0, 0.05) is 5.02 Å². The molecule has 2 atom stereocenters. The van der Waals surface area contributed by atoms with Crippen LogP contribution in [0.5, 0.6) is 0 Å². The van der Waals surface area contributed by atoms with Crippen molar-refractivity contribution in [3.8, 4) is 0 Å². The number of urea groups is 1. The van der Waals surface area contributed by atoms with Gasteiger partial charge in [0.05, 0.1) is 18.7 Å². The molecular weight excluding hydrogens is 252 g/mol. The van der Waals surface area contributed by atoms with Crippen molar-refractivity contribution in [2.45, 2.75) is 32.4 Å². The topological polar surface area (TPSA) is 61.4 Å². The number of benzene rings is 1. The molecular formula is C13H19ClN2O2. The van der Waals surface area contributed by atoms with Gasteiger partial charge in [0.25, 0.3) is 0 Å². The highest BCUT2D eigenvalue weighted by Gasteiger charge is 2.12. The molecule has 1 rings (SSSR count). The summed E-state index contributed by atoms with van der Waals surface area (Å²) in [7, 11) is 0. The fourth-order valence-corrected chi connectivity index (χ4v) is 1.76. The summed E-state index contributed by atoms with van der Waals surface area (Å²) in [6.07, 6.45) is 0.690. The lowest BCUT2D eigenvalue weighted by atomic mass is 10.1. The van der Waals surface area contributed by atoms with Crippen LogP contribution in [0.1, 0.15) is 31.9 Å². The zero-order valence-corrected chi connectivity index (χ0v) is 11.4. The summed E-state index contributed by atoms with van der Waals surface area (Å²) in [5.74, 6) is 0. The third-order valence-electron chi connectivity index (χ3n) is 2.74. The number of carbonyl (C=O) groups is 1. The van der Waals surface area contributed by atoms with Crippen LogP contribution in [0.4, 0.5) is 4.79 Å². The van der Waals surface area contributed by atoms with Gasteiger partial charge in [0.2, 0.25) is 0 Å². The minimum atomic E-state index is -0.289. The molecule has 2 unspecified atom stereocenters. The second-order valence-electron chi connectivity index (χ2n) is 4.18. The summed E-state index contributed by atoms with van der Waals surface area (Å²) >= 11 is 5.89. The molecule has 3 N–H and O–H groups in total. The second kappa shape index (κ2) is 7.24. The third kappa shape index (κ3) is 4.55. The molecule has 0 fully saturated rings. The van der Waals surface area contributed by atoms with E-state index in [0.29, 0.717) is 11.4 Å². The Hall–Kier alpha value is -1.26. The van der Waals surface area contributed by atoms with Gasteiger partial charge in [-0.1, -0.05) is 30.7 Å². The smallest absolute Gasteiger partial charge is 0.315 e. The average molecular weight is 271 g/mol. The number of hydrogen-bond donors (Lipinski definition) is 3. The van der Waals surface area contributed by atoms with Crippen LogP contribution in [0.25, 0.3) is 0 Å². The lowest BCUT2D eigenvalue weighted by Crippen LogP contribution is -2.44. The van der Waals surface area contributed by atoms with Gasteiger partial charge in [-0.05, 0) is 31.0 Å². The Kier molecular flexibility index (Phi) is 5.95. The van der Waals surface area contributed by atoms with Gasteiger partial charge in [0.15, 0.2) is 0 Å². The van der Waals surface area contributed by atoms with Crippen LogP contribution in [0.15, 0.2) is 24.3 Å². The summed E-state index contributed by atoms with van der Waals surface area (Å²) in [6.45, 7) is 3.72. The maximum absolute atomic E-state index is 11.7. The molecule has 1 aromatic carbocycles. The number of amides is 2. The Morgan fingerprint density at radius 1 is 1.44 bits per heavy atom. The first-order chi connectivity index (χ1) is 8.56. The second-order valence-corrected chi connectivity index (χ2v) is 4.62. The average Bonchev–Trinajstić information content (AvgIpc) is 2.35. The van der Waals surface area contributed by atoms with Crippen molar-refractivity contribution < 1.29 is 9.90 Å². The van der Waals surface area contributed by atoms with Crippen molar-refractivity contribution in [2.24, 2.45) is 0 Å². The molecule has 18 heavy (non-hydrogen) atoms. The highest BCUT2D eigenvalue weighted by atomic mass is 35.5. The number of carbonyl (C=O) groups excluding carboxylic acids is 1. The summed E-state index contributed by atoms with van der Waals surface area (Å²) in [5.41, 5.74) is 0.940. The predicted octanol–water partition coefficient (Wildman–Crippen LogP) is 2.47. The first-order valence-electron chi connectivity index (χ1n) is 6.00. The number of hydrogen-bond acceptors (Lipinski definition) is 2. The molecule has 4 nitrogen and oxygen atoms in total. The van der Waals surface area contributed by atoms with Gasteiger partial charge >= 0.3 is 6.03 Å². The van der Waals surface area contributed by atoms with Crippen molar-refractivity contribution in [2.75, 3.05) is 6.61 Å². The van der Waals surface area contributed by atoms with E-state index >= 15 is 0 Å². The maximum atomic E-state index is 11.7. The van der Waals surface area contributed by atoms with E-state index in [-0.39, 0.29) is 24.7 Å². The lowest BCUT2D eigenvalue weighted by molar-refractivity contribution is 0.212. The first kappa shape index (κ1) is 14.8. The van der Waals surface area contributed by atoms with Crippen molar-refractivity contribution in [3.63, 3.8) is 0 Å². The molecule has 0 aromatic heterocycles. The zero-order chi connectivity index (χ0) is 13.5. The minimum absolute atomic E-state index is 0.0601. The molecule has 2 amide bonds. The number of nitrogens with one attached hydrogen (secondary N) is 2. The Bertz CT molecular complexity index is 394. The van der Waals surface area contributed by atoms with Gasteiger partial charge in [0.1, 0.15) is 0 Å². The van der Waals surface area contributed by atoms with Gasteiger partial charge < -0.3 is 15.7 Å². The third-order valence-corrected chi connectivity index (χ3v) is 2.98. The Morgan fingerprint density at radius 3 is 2.72 bits per heavy atom. The Morgan fingerprint density at radius 2 is 2.17 bits per heavy atom. The lowest BCUT2D eigenvalue weighted by Gasteiger charge is -2.18. The monoisotopic (exact) mass is 270 g/mol. The number of halogens is 1. The van der Waals surface area contributed by atoms with E-state index in [0.717, 1.165) is 5.56 Å². The normalized spacial score (nSPS) is 13.8. The molecule has 0 heterocycles. The highest BCUT2D eigenvalue weighted by Crippen LogP contribution is 2.17. The van der Waals surface area contributed by atoms with Crippen LogP contribution in [-0.4, -0.2) is 23.8 Å². The van der Waals surface area contributed by atoms with E-state index < -0.39 is 0 Å². The van der Waals surface area contributed by atoms with Crippen LogP contribution in [0.3, 0.4) is 0 Å². The molecule has 0 saturated carbocycles. The van der Waals surface area contributed by atoms with E-state index in [1.165, 1.54) is 0 Å². The fraction of sp³-hybridized carbons (Fsp3) is 0.462. The zero-order valence-electron chi connectivity index (χ0n) is 10.6. The van der Waals surface area contributed by atoms with E-state index in [2.05, 4.69) is 10.6 Å². The summed E-state index contributed by atoms with van der Waals surface area (Å²) < 4.78 is 0. The van der Waals surface area contributed by atoms with Crippen LogP contribution >= 0.6 is 11.6 Å². The van der Waals surface area contributed by atoms with E-state index in [1.807, 2.05) is 32.0 Å². The van der Waals surface area contributed by atoms with E-state index in [9.17, 15) is 4.79 Å². The molecule has 100 valence electrons. The van der Waals surface area contributed by atoms with Crippen LogP contribution in [0, 0.1) is 0 Å². The van der Waals surface area contributed by atoms with Gasteiger partial charge in [-0.2, -0.15) is 0 Å². The first-order valence-corrected chi connectivity index (χ1v) is 6.38. The molecule has 0 aliphatic carbocycles. The standard InChI is InChI=1S/C13H19ClN2O2/c1-3-12(8-17)16-13(18)15-9(2)10-5-4-6-11(14)7-10/h4-7,9,12,17H,3,8H2,1-2H3,(H2,15,16,18). The minimum Gasteiger partial charge on any atom is -0.394 e. The predicted molar refractivity (Wildman–Crippen MR) is 72.7 cm³/mol. The van der Waals surface area contributed by atoms with Crippen molar-refractivity contribution in [1.29, 1.82) is 0 Å². The molecule has 0 radical (unpaired) electrons. The highest BCUT2D eigenvalue weighted by molar-refractivity contribution is 6.30. The van der Waals surface area contributed by atoms with E-state index in [4.69, 9.17) is 16.7 Å². The van der Waals surface area contributed by atoms with Crippen LogP contribution in [0.2, 0.25) is 5.02 Å². The Labute approximate surface area is 112 Å². The largest absolute Gasteiger partial charge is 0.394 e. The molecule has 0 aliphatic heterocycles. The molecule has 1 aromatic rings. The van der Waals surface area contributed by atoms with Gasteiger partial charge in [-0.15, -0.1) is 0 Å². The maximum Gasteiger partial charge on any atom is 0.315 e. The van der Waals surface area contributed by atoms with Crippen LogP contribution in [-0.2, 0) is 0 Å². The SMILES string of the molecule is CCC(CO)NC(=O)NC(C)c1cccc(Cl)c1. The number of aliphatic hydroxyl groups excluding tert-OH is 1. The molecule has 0 spiro atoms. The van der Waals surface area contributed by atoms with Gasteiger partial charge in [-0.3, -0.25) is 0 Å². The quantitative estimate of drug-likeness (QED) is 0.770. The van der Waals surface area contributed by atoms with Crippen LogP contribution < -0.4 is 10.6 Å². The number of rotatable bonds is 5. The molecule has 5 heteroatoms. The summed E-state index contributed by atoms with van der Waals surface area (Å²) in [5, 5.41) is 15.1. The summed E-state index contributed by atoms with van der Waals surface area (Å²) in [4.78, 5) is 11.7. The molecule has 0 aliphatic rings. The molecule has 0 saturated heterocycles. The summed E-state index contributed by atoms with van der Waals surface area (Å²) in [6, 6.07) is 6.71. The van der Waals surface area contributed by atoms with Crippen molar-refractivity contribution >= 4 is 17.6 Å². The fourth-order valence-electron chi connectivity index (χ4n) is 1.56. The van der Waals surface area contributed by atoms with Crippen molar-refractivity contribution in [3.05, 3.63) is 34.9 Å².